The van der Waals surface area contributed by atoms with E-state index in [4.69, 9.17) is 4.52 Å². The molecule has 1 amide bonds. The van der Waals surface area contributed by atoms with Crippen LogP contribution < -0.4 is 10.6 Å². The maximum absolute atomic E-state index is 13.1. The molecule has 1 aromatic carbocycles. The third-order valence-corrected chi connectivity index (χ3v) is 7.74. The number of sulfonamides is 1. The van der Waals surface area contributed by atoms with Gasteiger partial charge in [-0.2, -0.15) is 14.4 Å². The summed E-state index contributed by atoms with van der Waals surface area (Å²) >= 11 is 0. The molecule has 0 saturated heterocycles. The van der Waals surface area contributed by atoms with Gasteiger partial charge >= 0.3 is 0 Å². The lowest BCUT2D eigenvalue weighted by molar-refractivity contribution is 0.0921. The Hall–Kier alpha value is -4.17. The SMILES string of the molecule is Cn1cc(Nc2nccc(-c3ccc4c(c3)CN(S(C)(=O)=O)CC[C@H]4NC(=O)c3noc(C(C)(C)C)n3)n2)cn1. The Morgan fingerprint density at radius 2 is 1.98 bits per heavy atom. The third-order valence-electron chi connectivity index (χ3n) is 6.49. The average molecular weight is 566 g/mol. The first kappa shape index (κ1) is 27.4. The Labute approximate surface area is 232 Å². The van der Waals surface area contributed by atoms with Gasteiger partial charge in [0.05, 0.1) is 29.9 Å². The second-order valence-corrected chi connectivity index (χ2v) is 12.8. The summed E-state index contributed by atoms with van der Waals surface area (Å²) in [7, 11) is -1.67. The van der Waals surface area contributed by atoms with E-state index in [9.17, 15) is 13.2 Å². The Kier molecular flexibility index (Phi) is 7.14. The van der Waals surface area contributed by atoms with Gasteiger partial charge < -0.3 is 15.2 Å². The zero-order valence-corrected chi connectivity index (χ0v) is 23.7. The van der Waals surface area contributed by atoms with E-state index >= 15 is 0 Å². The van der Waals surface area contributed by atoms with Crippen molar-refractivity contribution in [1.82, 2.24) is 39.5 Å². The molecule has 1 aliphatic heterocycles. The maximum atomic E-state index is 13.1. The molecule has 4 aromatic rings. The van der Waals surface area contributed by atoms with Gasteiger partial charge in [-0.25, -0.2) is 18.4 Å². The number of nitrogens with zero attached hydrogens (tertiary/aromatic N) is 7. The molecule has 210 valence electrons. The molecule has 4 heterocycles. The van der Waals surface area contributed by atoms with Gasteiger partial charge in [-0.3, -0.25) is 9.48 Å². The first-order valence-electron chi connectivity index (χ1n) is 12.7. The lowest BCUT2D eigenvalue weighted by Gasteiger charge is -2.19. The van der Waals surface area contributed by atoms with E-state index in [0.29, 0.717) is 24.0 Å². The Bertz CT molecular complexity index is 1660. The number of aryl methyl sites for hydroxylation is 1. The summed E-state index contributed by atoms with van der Waals surface area (Å²) in [5.74, 6) is 0.197. The van der Waals surface area contributed by atoms with Crippen molar-refractivity contribution in [3.63, 3.8) is 0 Å². The average Bonchev–Trinajstić information content (AvgIpc) is 3.50. The largest absolute Gasteiger partial charge is 0.342 e. The predicted molar refractivity (Wildman–Crippen MR) is 147 cm³/mol. The van der Waals surface area contributed by atoms with Gasteiger partial charge in [0.15, 0.2) is 0 Å². The lowest BCUT2D eigenvalue weighted by Crippen LogP contribution is -2.32. The molecule has 0 saturated carbocycles. The van der Waals surface area contributed by atoms with E-state index in [1.807, 2.05) is 52.2 Å². The molecule has 0 unspecified atom stereocenters. The van der Waals surface area contributed by atoms with Crippen LogP contribution >= 0.6 is 0 Å². The number of hydrogen-bond acceptors (Lipinski definition) is 10. The van der Waals surface area contributed by atoms with Crippen molar-refractivity contribution in [2.45, 2.75) is 45.2 Å². The molecule has 0 fully saturated rings. The van der Waals surface area contributed by atoms with Crippen LogP contribution in [0.5, 0.6) is 0 Å². The van der Waals surface area contributed by atoms with Gasteiger partial charge in [0, 0.05) is 43.5 Å². The number of fused-ring (bicyclic) bond motifs is 1. The highest BCUT2D eigenvalue weighted by Crippen LogP contribution is 2.32. The van der Waals surface area contributed by atoms with Crippen LogP contribution in [-0.4, -0.2) is 61.3 Å². The maximum Gasteiger partial charge on any atom is 0.293 e. The molecule has 1 aliphatic rings. The van der Waals surface area contributed by atoms with Crippen molar-refractivity contribution in [2.75, 3.05) is 18.1 Å². The highest BCUT2D eigenvalue weighted by atomic mass is 32.2. The quantitative estimate of drug-likeness (QED) is 0.356. The summed E-state index contributed by atoms with van der Waals surface area (Å²) in [4.78, 5) is 26.2. The fourth-order valence-corrected chi connectivity index (χ4v) is 5.22. The van der Waals surface area contributed by atoms with Crippen molar-refractivity contribution >= 4 is 27.6 Å². The molecule has 0 radical (unpaired) electrons. The number of aromatic nitrogens is 6. The molecule has 5 rings (SSSR count). The van der Waals surface area contributed by atoms with Gasteiger partial charge in [0.1, 0.15) is 0 Å². The standard InChI is InChI=1S/C26H31N9O4S/c1-26(2,3)24-32-22(33-39-24)23(36)30-21-9-11-35(40(5,37)38)14-17-12-16(6-7-19(17)21)20-8-10-27-25(31-20)29-18-13-28-34(4)15-18/h6-8,10,12-13,15,21H,9,11,14H2,1-5H3,(H,30,36)(H,27,29,31)/t21-/m1/s1. The van der Waals surface area contributed by atoms with E-state index < -0.39 is 27.4 Å². The second-order valence-electron chi connectivity index (χ2n) is 10.8. The Morgan fingerprint density at radius 3 is 2.65 bits per heavy atom. The van der Waals surface area contributed by atoms with Gasteiger partial charge in [-0.15, -0.1) is 0 Å². The molecule has 40 heavy (non-hydrogen) atoms. The minimum Gasteiger partial charge on any atom is -0.342 e. The zero-order valence-electron chi connectivity index (χ0n) is 22.9. The minimum absolute atomic E-state index is 0.0676. The Balaban J connectivity index is 1.45. The number of carbonyl (C=O) groups excluding carboxylic acids is 1. The van der Waals surface area contributed by atoms with E-state index in [0.717, 1.165) is 22.4 Å². The second kappa shape index (κ2) is 10.4. The molecule has 3 aromatic heterocycles. The van der Waals surface area contributed by atoms with Crippen LogP contribution in [0.15, 0.2) is 47.4 Å². The molecule has 1 atom stereocenters. The minimum atomic E-state index is -3.49. The fourth-order valence-electron chi connectivity index (χ4n) is 4.41. The third kappa shape index (κ3) is 6.02. The number of rotatable bonds is 6. The van der Waals surface area contributed by atoms with Gasteiger partial charge in [-0.05, 0) is 29.7 Å². The molecule has 0 aliphatic carbocycles. The van der Waals surface area contributed by atoms with Crippen LogP contribution in [0.3, 0.4) is 0 Å². The first-order chi connectivity index (χ1) is 18.9. The molecule has 0 spiro atoms. The van der Waals surface area contributed by atoms with Crippen LogP contribution in [0.25, 0.3) is 11.3 Å². The van der Waals surface area contributed by atoms with Crippen molar-refractivity contribution in [3.8, 4) is 11.3 Å². The summed E-state index contributed by atoms with van der Waals surface area (Å²) in [5, 5.41) is 14.1. The smallest absolute Gasteiger partial charge is 0.293 e. The van der Waals surface area contributed by atoms with E-state index in [2.05, 4.69) is 35.8 Å². The van der Waals surface area contributed by atoms with Crippen LogP contribution in [0, 0.1) is 0 Å². The first-order valence-corrected chi connectivity index (χ1v) is 14.5. The summed E-state index contributed by atoms with van der Waals surface area (Å²) in [6.45, 7) is 6.14. The Morgan fingerprint density at radius 1 is 1.18 bits per heavy atom. The summed E-state index contributed by atoms with van der Waals surface area (Å²) in [6, 6.07) is 7.02. The molecule has 13 nitrogen and oxygen atoms in total. The summed E-state index contributed by atoms with van der Waals surface area (Å²) in [5.41, 5.74) is 3.35. The lowest BCUT2D eigenvalue weighted by atomic mass is 9.96. The fraction of sp³-hybridized carbons (Fsp3) is 0.385. The van der Waals surface area contributed by atoms with E-state index in [1.165, 1.54) is 10.6 Å². The molecule has 14 heteroatoms. The normalized spacial score (nSPS) is 16.3. The number of anilines is 2. The zero-order chi connectivity index (χ0) is 28.7. The predicted octanol–water partition coefficient (Wildman–Crippen LogP) is 2.94. The number of carbonyl (C=O) groups is 1. The van der Waals surface area contributed by atoms with E-state index in [-0.39, 0.29) is 18.9 Å². The van der Waals surface area contributed by atoms with Crippen LogP contribution in [0.4, 0.5) is 11.6 Å². The molecule has 2 N–H and O–H groups in total. The summed E-state index contributed by atoms with van der Waals surface area (Å²) < 4.78 is 33.4. The van der Waals surface area contributed by atoms with Crippen LogP contribution in [-0.2, 0) is 29.0 Å². The molecular weight excluding hydrogens is 534 g/mol. The number of hydrogen-bond donors (Lipinski definition) is 2. The van der Waals surface area contributed by atoms with Crippen molar-refractivity contribution in [1.29, 1.82) is 0 Å². The summed E-state index contributed by atoms with van der Waals surface area (Å²) in [6.07, 6.45) is 6.69. The van der Waals surface area contributed by atoms with E-state index in [1.54, 1.807) is 23.1 Å². The highest BCUT2D eigenvalue weighted by Gasteiger charge is 2.30. The number of benzene rings is 1. The topological polar surface area (TPSA) is 161 Å². The van der Waals surface area contributed by atoms with Gasteiger partial charge in [0.2, 0.25) is 21.9 Å². The molecular formula is C26H31N9O4S. The number of nitrogens with one attached hydrogen (secondary N) is 2. The van der Waals surface area contributed by atoms with Crippen LogP contribution in [0.1, 0.15) is 60.9 Å². The van der Waals surface area contributed by atoms with Gasteiger partial charge in [-0.1, -0.05) is 38.1 Å². The van der Waals surface area contributed by atoms with Crippen molar-refractivity contribution < 1.29 is 17.7 Å². The van der Waals surface area contributed by atoms with Gasteiger partial charge in [0.25, 0.3) is 11.7 Å². The van der Waals surface area contributed by atoms with Crippen molar-refractivity contribution in [2.24, 2.45) is 7.05 Å². The molecule has 0 bridgehead atoms. The van der Waals surface area contributed by atoms with Crippen molar-refractivity contribution in [3.05, 3.63) is 65.7 Å². The number of amides is 1. The highest BCUT2D eigenvalue weighted by molar-refractivity contribution is 7.88. The van der Waals surface area contributed by atoms with Crippen LogP contribution in [0.2, 0.25) is 0 Å². The monoisotopic (exact) mass is 565 g/mol.